The van der Waals surface area contributed by atoms with Crippen molar-refractivity contribution in [3.05, 3.63) is 4.91 Å². The summed E-state index contributed by atoms with van der Waals surface area (Å²) in [7, 11) is 1.57. The summed E-state index contributed by atoms with van der Waals surface area (Å²) in [6.45, 7) is 6.33. The van der Waals surface area contributed by atoms with Gasteiger partial charge < -0.3 is 15.5 Å². The number of carbonyl (C=O) groups excluding carboxylic acids is 2. The number of nitrogens with one attached hydrogen (secondary N) is 2. The number of nitroso groups, excluding NO2 is 1. The minimum Gasteiger partial charge on any atom is -0.335 e. The average Bonchev–Trinajstić information content (AvgIpc) is 2.36. The second-order valence-electron chi connectivity index (χ2n) is 4.76. The maximum atomic E-state index is 12.2. The lowest BCUT2D eigenvalue weighted by Crippen LogP contribution is -2.50. The highest BCUT2D eigenvalue weighted by molar-refractivity contribution is 5.87. The van der Waals surface area contributed by atoms with Gasteiger partial charge in [0.25, 0.3) is 0 Å². The van der Waals surface area contributed by atoms with Crippen molar-refractivity contribution in [3.8, 4) is 0 Å². The van der Waals surface area contributed by atoms with Crippen LogP contribution in [0.15, 0.2) is 5.18 Å². The van der Waals surface area contributed by atoms with Crippen molar-refractivity contribution in [2.75, 3.05) is 26.8 Å². The lowest BCUT2D eigenvalue weighted by molar-refractivity contribution is -0.137. The second kappa shape index (κ2) is 9.43. The Balaban J connectivity index is 4.40. The third-order valence-corrected chi connectivity index (χ3v) is 2.64. The molecular formula is C12H24N4O3. The molecule has 0 aliphatic heterocycles. The van der Waals surface area contributed by atoms with E-state index in [1.807, 2.05) is 20.8 Å². The highest BCUT2D eigenvalue weighted by Crippen LogP contribution is 2.05. The highest BCUT2D eigenvalue weighted by Gasteiger charge is 2.25. The van der Waals surface area contributed by atoms with Crippen molar-refractivity contribution in [1.82, 2.24) is 15.5 Å². The first-order valence-electron chi connectivity index (χ1n) is 6.48. The molecule has 7 heteroatoms. The lowest BCUT2D eigenvalue weighted by atomic mass is 10.0. The Morgan fingerprint density at radius 3 is 2.42 bits per heavy atom. The van der Waals surface area contributed by atoms with Gasteiger partial charge in [-0.1, -0.05) is 20.8 Å². The molecular weight excluding hydrogens is 248 g/mol. The molecule has 110 valence electrons. The van der Waals surface area contributed by atoms with E-state index < -0.39 is 5.91 Å². The van der Waals surface area contributed by atoms with Gasteiger partial charge in [0.1, 0.15) is 0 Å². The molecule has 0 aliphatic carbocycles. The van der Waals surface area contributed by atoms with Gasteiger partial charge in [0.2, 0.25) is 11.8 Å². The number of hydrogen-bond acceptors (Lipinski definition) is 5. The van der Waals surface area contributed by atoms with Crippen LogP contribution < -0.4 is 10.6 Å². The molecule has 2 amide bonds. The number of hydrogen-bond donors (Lipinski definition) is 2. The first-order chi connectivity index (χ1) is 8.93. The van der Waals surface area contributed by atoms with Crippen LogP contribution in [0.2, 0.25) is 0 Å². The molecule has 0 saturated heterocycles. The summed E-state index contributed by atoms with van der Waals surface area (Å²) < 4.78 is 0. The number of rotatable bonds is 9. The van der Waals surface area contributed by atoms with Crippen molar-refractivity contribution in [2.45, 2.75) is 33.2 Å². The first kappa shape index (κ1) is 17.5. The highest BCUT2D eigenvalue weighted by atomic mass is 16.3. The third kappa shape index (κ3) is 6.85. The van der Waals surface area contributed by atoms with Crippen molar-refractivity contribution in [3.63, 3.8) is 0 Å². The molecule has 0 saturated carbocycles. The Bertz CT molecular complexity index is 307. The normalized spacial score (nSPS) is 12.1. The molecule has 0 bridgehead atoms. The van der Waals surface area contributed by atoms with Gasteiger partial charge >= 0.3 is 0 Å². The van der Waals surface area contributed by atoms with Crippen LogP contribution in [-0.4, -0.2) is 49.6 Å². The minimum atomic E-state index is -0.395. The van der Waals surface area contributed by atoms with E-state index in [0.29, 0.717) is 0 Å². The summed E-state index contributed by atoms with van der Waals surface area (Å²) in [5.74, 6) is -0.382. The Labute approximate surface area is 114 Å². The average molecular weight is 272 g/mol. The fraction of sp³-hybridized carbons (Fsp3) is 0.833. The van der Waals surface area contributed by atoms with Gasteiger partial charge in [-0.2, -0.15) is 0 Å². The Morgan fingerprint density at radius 1 is 1.32 bits per heavy atom. The molecule has 0 aromatic rings. The molecule has 0 aromatic heterocycles. The predicted molar refractivity (Wildman–Crippen MR) is 73.4 cm³/mol. The second-order valence-corrected chi connectivity index (χ2v) is 4.76. The molecule has 7 nitrogen and oxygen atoms in total. The first-order valence-corrected chi connectivity index (χ1v) is 6.48. The Hall–Kier alpha value is -1.50. The van der Waals surface area contributed by atoms with Crippen LogP contribution in [0.3, 0.4) is 0 Å². The zero-order valence-electron chi connectivity index (χ0n) is 12.1. The molecule has 1 atom stereocenters. The smallest absolute Gasteiger partial charge is 0.241 e. The van der Waals surface area contributed by atoms with Gasteiger partial charge in [-0.05, 0) is 24.1 Å². The quantitative estimate of drug-likeness (QED) is 0.591. The van der Waals surface area contributed by atoms with Crippen LogP contribution in [0.1, 0.15) is 27.2 Å². The van der Waals surface area contributed by atoms with E-state index in [2.05, 4.69) is 15.8 Å². The summed E-state index contributed by atoms with van der Waals surface area (Å²) in [6, 6.07) is -0.304. The summed E-state index contributed by atoms with van der Waals surface area (Å²) in [4.78, 5) is 34.8. The summed E-state index contributed by atoms with van der Waals surface area (Å²) >= 11 is 0. The van der Waals surface area contributed by atoms with Gasteiger partial charge in [0.15, 0.2) is 6.67 Å². The topological polar surface area (TPSA) is 90.9 Å². The van der Waals surface area contributed by atoms with E-state index in [-0.39, 0.29) is 31.1 Å². The van der Waals surface area contributed by atoms with Crippen LogP contribution in [0.5, 0.6) is 0 Å². The minimum absolute atomic E-state index is 0.0780. The van der Waals surface area contributed by atoms with Crippen LogP contribution in [0, 0.1) is 10.8 Å². The lowest BCUT2D eigenvalue weighted by Gasteiger charge is -2.26. The van der Waals surface area contributed by atoms with Crippen molar-refractivity contribution < 1.29 is 9.59 Å². The zero-order chi connectivity index (χ0) is 14.8. The molecule has 0 aromatic carbocycles. The van der Waals surface area contributed by atoms with Crippen molar-refractivity contribution in [1.29, 1.82) is 0 Å². The van der Waals surface area contributed by atoms with E-state index in [0.717, 1.165) is 13.0 Å². The summed E-state index contributed by atoms with van der Waals surface area (Å²) in [6.07, 6.45) is 0.936. The van der Waals surface area contributed by atoms with Gasteiger partial charge in [-0.25, -0.2) is 0 Å². The molecule has 19 heavy (non-hydrogen) atoms. The molecule has 0 heterocycles. The van der Waals surface area contributed by atoms with Gasteiger partial charge in [0.05, 0.1) is 12.6 Å². The van der Waals surface area contributed by atoms with Crippen LogP contribution >= 0.6 is 0 Å². The van der Waals surface area contributed by atoms with E-state index in [1.165, 1.54) is 4.90 Å². The molecule has 0 fully saturated rings. The third-order valence-electron chi connectivity index (χ3n) is 2.64. The van der Waals surface area contributed by atoms with E-state index in [1.54, 1.807) is 7.05 Å². The largest absolute Gasteiger partial charge is 0.335 e. The molecule has 0 aliphatic rings. The van der Waals surface area contributed by atoms with Gasteiger partial charge in [-0.15, -0.1) is 4.91 Å². The summed E-state index contributed by atoms with van der Waals surface area (Å²) in [5.41, 5.74) is 0. The van der Waals surface area contributed by atoms with E-state index in [9.17, 15) is 14.5 Å². The predicted octanol–water partition coefficient (Wildman–Crippen LogP) is 0.309. The van der Waals surface area contributed by atoms with Crippen LogP contribution in [-0.2, 0) is 9.59 Å². The van der Waals surface area contributed by atoms with Gasteiger partial charge in [-0.3, -0.25) is 9.59 Å². The maximum absolute atomic E-state index is 12.2. The fourth-order valence-corrected chi connectivity index (χ4v) is 1.62. The van der Waals surface area contributed by atoms with Gasteiger partial charge in [0, 0.05) is 7.05 Å². The van der Waals surface area contributed by atoms with Crippen LogP contribution in [0.25, 0.3) is 0 Å². The molecule has 2 N–H and O–H groups in total. The Morgan fingerprint density at radius 2 is 1.95 bits per heavy atom. The standard InChI is InChI=1S/C12H24N4O3/c1-5-6-13-11(9(2)3)12(18)16(4)7-10(17)14-8-15-19/h9,11,13H,5-8H2,1-4H3,(H,14,17). The number of nitrogens with zero attached hydrogens (tertiary/aromatic N) is 2. The van der Waals surface area contributed by atoms with E-state index in [4.69, 9.17) is 0 Å². The Kier molecular flexibility index (Phi) is 8.69. The monoisotopic (exact) mass is 272 g/mol. The fourth-order valence-electron chi connectivity index (χ4n) is 1.62. The molecule has 0 spiro atoms. The number of carbonyl (C=O) groups is 2. The van der Waals surface area contributed by atoms with E-state index >= 15 is 0 Å². The van der Waals surface area contributed by atoms with Crippen molar-refractivity contribution >= 4 is 11.8 Å². The number of amides is 2. The van der Waals surface area contributed by atoms with Crippen molar-refractivity contribution in [2.24, 2.45) is 11.1 Å². The molecule has 0 rings (SSSR count). The summed E-state index contributed by atoms with van der Waals surface area (Å²) in [5, 5.41) is 8.01. The number of likely N-dealkylation sites (N-methyl/N-ethyl adjacent to an activating group) is 1. The molecule has 1 unspecified atom stereocenters. The zero-order valence-corrected chi connectivity index (χ0v) is 12.1. The molecule has 0 radical (unpaired) electrons. The maximum Gasteiger partial charge on any atom is 0.241 e. The van der Waals surface area contributed by atoms with Crippen LogP contribution in [0.4, 0.5) is 0 Å². The SMILES string of the molecule is CCCNC(C(=O)N(C)CC(=O)NCN=O)C(C)C.